The zero-order valence-corrected chi connectivity index (χ0v) is 18.2. The summed E-state index contributed by atoms with van der Waals surface area (Å²) in [7, 11) is 0. The summed E-state index contributed by atoms with van der Waals surface area (Å²) >= 11 is 2.76. The van der Waals surface area contributed by atoms with Crippen molar-refractivity contribution in [3.05, 3.63) is 48.0 Å². The highest BCUT2D eigenvalue weighted by Crippen LogP contribution is 2.25. The molecule has 0 aliphatic rings. The van der Waals surface area contributed by atoms with Gasteiger partial charge in [-0.1, -0.05) is 67.3 Å². The lowest BCUT2D eigenvalue weighted by molar-refractivity contribution is -0.124. The Morgan fingerprint density at radius 1 is 1.17 bits per heavy atom. The van der Waals surface area contributed by atoms with E-state index in [1.54, 1.807) is 6.08 Å². The number of carbonyl (C=O) groups is 2. The second kappa shape index (κ2) is 11.7. The topological polar surface area (TPSA) is 104 Å². The van der Waals surface area contributed by atoms with Gasteiger partial charge in [0.25, 0.3) is 0 Å². The molecule has 0 spiro atoms. The second-order valence-electron chi connectivity index (χ2n) is 6.66. The molecule has 0 bridgehead atoms. The van der Waals surface area contributed by atoms with Gasteiger partial charge in [-0.05, 0) is 17.0 Å². The Hall–Kier alpha value is -2.23. The predicted molar refractivity (Wildman–Crippen MR) is 117 cm³/mol. The molecule has 29 heavy (non-hydrogen) atoms. The van der Waals surface area contributed by atoms with Crippen LogP contribution in [0.2, 0.25) is 0 Å². The number of aliphatic hydroxyl groups is 1. The van der Waals surface area contributed by atoms with E-state index in [1.165, 1.54) is 28.7 Å². The summed E-state index contributed by atoms with van der Waals surface area (Å²) in [6, 6.07) is 7.68. The summed E-state index contributed by atoms with van der Waals surface area (Å²) < 4.78 is 0.744. The number of hydrogen-bond acceptors (Lipinski definition) is 7. The standard InChI is InChI=1S/C20H26N4O3S2/c1-4-11-28-20-24-23-19(29-20)22-18(27)10-9-17(26)21-12-16(25)15-7-5-14(6-8-15)13(2)3/h4-8,13,16,25H,1,9-12H2,2-3H3,(H,21,26)(H,22,23,27). The summed E-state index contributed by atoms with van der Waals surface area (Å²) in [6.07, 6.45) is 1.03. The van der Waals surface area contributed by atoms with Crippen molar-refractivity contribution in [2.45, 2.75) is 43.1 Å². The summed E-state index contributed by atoms with van der Waals surface area (Å²) in [6.45, 7) is 7.95. The normalized spacial score (nSPS) is 11.9. The first kappa shape index (κ1) is 23.1. The van der Waals surface area contributed by atoms with E-state index in [4.69, 9.17) is 0 Å². The molecule has 0 aliphatic carbocycles. The third kappa shape index (κ3) is 7.96. The van der Waals surface area contributed by atoms with Crippen LogP contribution < -0.4 is 10.6 Å². The minimum Gasteiger partial charge on any atom is -0.387 e. The molecule has 0 aliphatic heterocycles. The summed E-state index contributed by atoms with van der Waals surface area (Å²) in [5.41, 5.74) is 1.94. The Bertz CT molecular complexity index is 821. The van der Waals surface area contributed by atoms with Gasteiger partial charge in [-0.3, -0.25) is 9.59 Å². The van der Waals surface area contributed by atoms with Crippen LogP contribution in [0.1, 0.15) is 49.8 Å². The third-order valence-electron chi connectivity index (χ3n) is 4.04. The van der Waals surface area contributed by atoms with Crippen molar-refractivity contribution < 1.29 is 14.7 Å². The van der Waals surface area contributed by atoms with Crippen LogP contribution in [0.3, 0.4) is 0 Å². The van der Waals surface area contributed by atoms with Crippen molar-refractivity contribution in [3.8, 4) is 0 Å². The Morgan fingerprint density at radius 3 is 2.48 bits per heavy atom. The van der Waals surface area contributed by atoms with Crippen molar-refractivity contribution in [1.29, 1.82) is 0 Å². The van der Waals surface area contributed by atoms with Crippen molar-refractivity contribution in [1.82, 2.24) is 15.5 Å². The van der Waals surface area contributed by atoms with Crippen LogP contribution in [-0.4, -0.2) is 39.4 Å². The average molecular weight is 435 g/mol. The van der Waals surface area contributed by atoms with E-state index in [-0.39, 0.29) is 31.2 Å². The van der Waals surface area contributed by atoms with Crippen LogP contribution in [0.5, 0.6) is 0 Å². The van der Waals surface area contributed by atoms with E-state index >= 15 is 0 Å². The number of hydrogen-bond donors (Lipinski definition) is 3. The highest BCUT2D eigenvalue weighted by molar-refractivity contribution is 8.01. The van der Waals surface area contributed by atoms with E-state index in [0.717, 1.165) is 15.7 Å². The van der Waals surface area contributed by atoms with Crippen LogP contribution >= 0.6 is 23.1 Å². The number of aliphatic hydroxyl groups excluding tert-OH is 1. The number of anilines is 1. The number of thioether (sulfide) groups is 1. The minimum absolute atomic E-state index is 0.0275. The quantitative estimate of drug-likeness (QED) is 0.284. The fourth-order valence-electron chi connectivity index (χ4n) is 2.38. The number of benzene rings is 1. The van der Waals surface area contributed by atoms with Crippen LogP contribution in [0.15, 0.2) is 41.3 Å². The summed E-state index contributed by atoms with van der Waals surface area (Å²) in [5, 5.41) is 23.8. The van der Waals surface area contributed by atoms with Gasteiger partial charge >= 0.3 is 0 Å². The van der Waals surface area contributed by atoms with Gasteiger partial charge in [0, 0.05) is 25.1 Å². The first-order chi connectivity index (χ1) is 13.9. The fourth-order valence-corrected chi connectivity index (χ4v) is 3.91. The number of carbonyl (C=O) groups excluding carboxylic acids is 2. The van der Waals surface area contributed by atoms with Gasteiger partial charge in [-0.25, -0.2) is 0 Å². The molecule has 3 N–H and O–H groups in total. The molecule has 9 heteroatoms. The average Bonchev–Trinajstić information content (AvgIpc) is 3.16. The molecule has 1 atom stereocenters. The molecule has 2 rings (SSSR count). The Labute approximate surface area is 179 Å². The molecular formula is C20H26N4O3S2. The number of aromatic nitrogens is 2. The SMILES string of the molecule is C=CCSc1nnc(NC(=O)CCC(=O)NCC(O)c2ccc(C(C)C)cc2)s1. The molecule has 0 saturated heterocycles. The van der Waals surface area contributed by atoms with Gasteiger partial charge in [0.15, 0.2) is 4.34 Å². The predicted octanol–water partition coefficient (Wildman–Crippen LogP) is 3.51. The molecule has 156 valence electrons. The molecule has 1 aromatic carbocycles. The molecular weight excluding hydrogens is 408 g/mol. The van der Waals surface area contributed by atoms with Crippen LogP contribution in [-0.2, 0) is 9.59 Å². The van der Waals surface area contributed by atoms with E-state index in [9.17, 15) is 14.7 Å². The van der Waals surface area contributed by atoms with Gasteiger partial charge in [-0.15, -0.1) is 16.8 Å². The van der Waals surface area contributed by atoms with Crippen LogP contribution in [0, 0.1) is 0 Å². The highest BCUT2D eigenvalue weighted by atomic mass is 32.2. The van der Waals surface area contributed by atoms with Crippen molar-refractivity contribution >= 4 is 40.0 Å². The second-order valence-corrected chi connectivity index (χ2v) is 8.91. The van der Waals surface area contributed by atoms with Gasteiger partial charge in [0.05, 0.1) is 6.10 Å². The first-order valence-corrected chi connectivity index (χ1v) is 11.1. The summed E-state index contributed by atoms with van der Waals surface area (Å²) in [4.78, 5) is 23.9. The molecule has 0 fully saturated rings. The van der Waals surface area contributed by atoms with E-state index in [2.05, 4.69) is 41.3 Å². The molecule has 2 aromatic rings. The molecule has 2 amide bonds. The fraction of sp³-hybridized carbons (Fsp3) is 0.400. The van der Waals surface area contributed by atoms with Crippen molar-refractivity contribution in [3.63, 3.8) is 0 Å². The lowest BCUT2D eigenvalue weighted by Gasteiger charge is -2.13. The molecule has 0 saturated carbocycles. The molecule has 1 heterocycles. The maximum Gasteiger partial charge on any atom is 0.226 e. The minimum atomic E-state index is -0.790. The zero-order valence-electron chi connectivity index (χ0n) is 16.6. The maximum absolute atomic E-state index is 12.0. The maximum atomic E-state index is 12.0. The van der Waals surface area contributed by atoms with Crippen LogP contribution in [0.25, 0.3) is 0 Å². The largest absolute Gasteiger partial charge is 0.387 e. The van der Waals surface area contributed by atoms with Gasteiger partial charge in [0.2, 0.25) is 16.9 Å². The Balaban J connectivity index is 1.70. The molecule has 7 nitrogen and oxygen atoms in total. The number of rotatable bonds is 11. The summed E-state index contributed by atoms with van der Waals surface area (Å²) in [5.74, 6) is 0.541. The zero-order chi connectivity index (χ0) is 21.2. The lowest BCUT2D eigenvalue weighted by atomic mass is 10.00. The smallest absolute Gasteiger partial charge is 0.226 e. The number of amides is 2. The molecule has 1 aromatic heterocycles. The van der Waals surface area contributed by atoms with Crippen molar-refractivity contribution in [2.24, 2.45) is 0 Å². The van der Waals surface area contributed by atoms with Gasteiger partial charge in [0.1, 0.15) is 0 Å². The van der Waals surface area contributed by atoms with E-state index in [0.29, 0.717) is 11.0 Å². The van der Waals surface area contributed by atoms with Crippen LogP contribution in [0.4, 0.5) is 5.13 Å². The molecule has 0 radical (unpaired) electrons. The highest BCUT2D eigenvalue weighted by Gasteiger charge is 2.13. The Morgan fingerprint density at radius 2 is 1.83 bits per heavy atom. The lowest BCUT2D eigenvalue weighted by Crippen LogP contribution is -2.29. The monoisotopic (exact) mass is 434 g/mol. The van der Waals surface area contributed by atoms with Gasteiger partial charge in [-0.2, -0.15) is 0 Å². The third-order valence-corrected chi connectivity index (χ3v) is 6.00. The Kier molecular flexibility index (Phi) is 9.30. The first-order valence-electron chi connectivity index (χ1n) is 9.30. The number of nitrogens with one attached hydrogen (secondary N) is 2. The van der Waals surface area contributed by atoms with E-state index < -0.39 is 6.10 Å². The van der Waals surface area contributed by atoms with E-state index in [1.807, 2.05) is 24.3 Å². The number of nitrogens with zero attached hydrogens (tertiary/aromatic N) is 2. The van der Waals surface area contributed by atoms with Crippen molar-refractivity contribution in [2.75, 3.05) is 17.6 Å². The van der Waals surface area contributed by atoms with Gasteiger partial charge < -0.3 is 15.7 Å². The molecule has 1 unspecified atom stereocenters.